The maximum absolute atomic E-state index is 9.26. The van der Waals surface area contributed by atoms with Crippen molar-refractivity contribution in [1.82, 2.24) is 24.4 Å². The van der Waals surface area contributed by atoms with Crippen LogP contribution in [-0.4, -0.2) is 57.2 Å². The average Bonchev–Trinajstić information content (AvgIpc) is 3.22. The van der Waals surface area contributed by atoms with Crippen molar-refractivity contribution in [3.05, 3.63) is 72.4 Å². The summed E-state index contributed by atoms with van der Waals surface area (Å²) in [4.78, 5) is 18.2. The second kappa shape index (κ2) is 9.27. The fourth-order valence-electron chi connectivity index (χ4n) is 4.21. The van der Waals surface area contributed by atoms with Gasteiger partial charge in [0, 0.05) is 37.6 Å². The van der Waals surface area contributed by atoms with E-state index in [0.29, 0.717) is 24.3 Å². The molecule has 0 saturated carbocycles. The Labute approximate surface area is 192 Å². The van der Waals surface area contributed by atoms with E-state index in [1.165, 1.54) is 5.69 Å². The number of para-hydroxylation sites is 1. The molecule has 2 aromatic heterocycles. The summed E-state index contributed by atoms with van der Waals surface area (Å²) in [6.07, 6.45) is 1.63. The van der Waals surface area contributed by atoms with Gasteiger partial charge in [-0.1, -0.05) is 18.2 Å². The van der Waals surface area contributed by atoms with Crippen molar-refractivity contribution in [2.45, 2.75) is 13.5 Å². The zero-order valence-corrected chi connectivity index (χ0v) is 18.6. The first-order valence-corrected chi connectivity index (χ1v) is 11.1. The molecule has 0 atom stereocenters. The number of ether oxygens (including phenoxy) is 1. The first-order valence-electron chi connectivity index (χ1n) is 11.1. The van der Waals surface area contributed by atoms with E-state index < -0.39 is 0 Å². The Kier molecular flexibility index (Phi) is 5.87. The molecular weight excluding hydrogens is 414 g/mol. The van der Waals surface area contributed by atoms with Gasteiger partial charge in [0.2, 0.25) is 5.82 Å². The smallest absolute Gasteiger partial charge is 0.234 e. The van der Waals surface area contributed by atoms with Crippen LogP contribution in [0.2, 0.25) is 0 Å². The van der Waals surface area contributed by atoms with Gasteiger partial charge in [-0.3, -0.25) is 9.47 Å². The summed E-state index contributed by atoms with van der Waals surface area (Å²) in [5.74, 6) is 1.95. The van der Waals surface area contributed by atoms with E-state index in [4.69, 9.17) is 9.72 Å². The third-order valence-corrected chi connectivity index (χ3v) is 5.83. The fourth-order valence-corrected chi connectivity index (χ4v) is 4.21. The number of anilines is 1. The molecule has 4 aromatic rings. The highest BCUT2D eigenvalue weighted by atomic mass is 16.5. The summed E-state index contributed by atoms with van der Waals surface area (Å²) in [5.41, 5.74) is 3.55. The van der Waals surface area contributed by atoms with Gasteiger partial charge in [0.1, 0.15) is 23.2 Å². The van der Waals surface area contributed by atoms with Crippen molar-refractivity contribution >= 4 is 16.9 Å². The van der Waals surface area contributed by atoms with Crippen molar-refractivity contribution in [2.24, 2.45) is 0 Å². The maximum atomic E-state index is 9.26. The molecule has 8 heteroatoms. The van der Waals surface area contributed by atoms with E-state index in [2.05, 4.69) is 31.9 Å². The Balaban J connectivity index is 1.35. The number of aromatic nitrogens is 4. The Morgan fingerprint density at radius 3 is 2.39 bits per heavy atom. The molecule has 0 bridgehead atoms. The van der Waals surface area contributed by atoms with Crippen molar-refractivity contribution in [2.75, 3.05) is 37.7 Å². The molecule has 0 radical (unpaired) electrons. The van der Waals surface area contributed by atoms with E-state index in [1.54, 1.807) is 6.20 Å². The summed E-state index contributed by atoms with van der Waals surface area (Å²) in [6, 6.07) is 20.4. The lowest BCUT2D eigenvalue weighted by Gasteiger charge is -2.36. The van der Waals surface area contributed by atoms with Crippen molar-refractivity contribution < 1.29 is 4.74 Å². The van der Waals surface area contributed by atoms with Crippen LogP contribution in [0.5, 0.6) is 5.75 Å². The number of nitrogens with zero attached hydrogens (tertiary/aromatic N) is 7. The summed E-state index contributed by atoms with van der Waals surface area (Å²) in [5, 5.41) is 9.26. The Hall–Kier alpha value is -3.96. The molecule has 0 spiro atoms. The van der Waals surface area contributed by atoms with E-state index in [0.717, 1.165) is 43.4 Å². The quantitative estimate of drug-likeness (QED) is 0.455. The van der Waals surface area contributed by atoms with Crippen LogP contribution < -0.4 is 9.64 Å². The summed E-state index contributed by atoms with van der Waals surface area (Å²) >= 11 is 0. The molecule has 1 saturated heterocycles. The van der Waals surface area contributed by atoms with Crippen LogP contribution in [0.1, 0.15) is 18.6 Å². The van der Waals surface area contributed by atoms with Gasteiger partial charge in [-0.2, -0.15) is 10.2 Å². The van der Waals surface area contributed by atoms with Gasteiger partial charge >= 0.3 is 0 Å². The SMILES string of the molecule is CCOc1ccc(N2CCN(Cc3nc4cnc(C#N)nc4n3-c3ccccc3)CC2)cc1. The average molecular weight is 440 g/mol. The molecule has 0 N–H and O–H groups in total. The Bertz CT molecular complexity index is 1270. The van der Waals surface area contributed by atoms with Gasteiger partial charge < -0.3 is 9.64 Å². The van der Waals surface area contributed by atoms with Crippen LogP contribution in [0.4, 0.5) is 5.69 Å². The first kappa shape index (κ1) is 20.9. The van der Waals surface area contributed by atoms with E-state index in [1.807, 2.05) is 60.0 Å². The van der Waals surface area contributed by atoms with Crippen LogP contribution >= 0.6 is 0 Å². The molecule has 5 rings (SSSR count). The Morgan fingerprint density at radius 1 is 0.939 bits per heavy atom. The van der Waals surface area contributed by atoms with Crippen molar-refractivity contribution in [1.29, 1.82) is 5.26 Å². The molecule has 33 heavy (non-hydrogen) atoms. The molecule has 1 aliphatic rings. The second-order valence-electron chi connectivity index (χ2n) is 7.90. The van der Waals surface area contributed by atoms with E-state index in [9.17, 15) is 5.26 Å². The van der Waals surface area contributed by atoms with E-state index >= 15 is 0 Å². The number of nitriles is 1. The zero-order chi connectivity index (χ0) is 22.6. The third kappa shape index (κ3) is 4.36. The number of piperazine rings is 1. The first-order chi connectivity index (χ1) is 16.2. The highest BCUT2D eigenvalue weighted by Gasteiger charge is 2.21. The number of hydrogen-bond acceptors (Lipinski definition) is 7. The predicted octanol–water partition coefficient (Wildman–Crippen LogP) is 3.41. The molecule has 166 valence electrons. The van der Waals surface area contributed by atoms with Crippen molar-refractivity contribution in [3.8, 4) is 17.5 Å². The molecule has 0 amide bonds. The number of benzene rings is 2. The molecule has 1 fully saturated rings. The normalized spacial score (nSPS) is 14.4. The molecule has 0 aliphatic carbocycles. The van der Waals surface area contributed by atoms with Crippen LogP contribution in [0.15, 0.2) is 60.8 Å². The minimum atomic E-state index is 0.148. The van der Waals surface area contributed by atoms with Gasteiger partial charge in [0.15, 0.2) is 5.65 Å². The lowest BCUT2D eigenvalue weighted by molar-refractivity contribution is 0.243. The zero-order valence-electron chi connectivity index (χ0n) is 18.6. The highest BCUT2D eigenvalue weighted by Crippen LogP contribution is 2.23. The van der Waals surface area contributed by atoms with Crippen LogP contribution in [0.3, 0.4) is 0 Å². The highest BCUT2D eigenvalue weighted by molar-refractivity contribution is 5.73. The van der Waals surface area contributed by atoms with Gasteiger partial charge in [-0.25, -0.2) is 9.97 Å². The summed E-state index contributed by atoms with van der Waals surface area (Å²) in [6.45, 7) is 7.12. The molecule has 8 nitrogen and oxygen atoms in total. The topological polar surface area (TPSA) is 83.1 Å². The fraction of sp³-hybridized carbons (Fsp3) is 0.280. The van der Waals surface area contributed by atoms with Crippen LogP contribution in [0.25, 0.3) is 16.9 Å². The minimum Gasteiger partial charge on any atom is -0.494 e. The number of hydrogen-bond donors (Lipinski definition) is 0. The lowest BCUT2D eigenvalue weighted by Crippen LogP contribution is -2.46. The van der Waals surface area contributed by atoms with E-state index in [-0.39, 0.29) is 5.82 Å². The standard InChI is InChI=1S/C25H25N7O/c1-2-33-21-10-8-19(9-11-21)31-14-12-30(13-15-31)18-24-28-22-17-27-23(16-26)29-25(22)32(24)20-6-4-3-5-7-20/h3-11,17H,2,12-15,18H2,1H3. The maximum Gasteiger partial charge on any atom is 0.234 e. The third-order valence-electron chi connectivity index (χ3n) is 5.83. The molecule has 2 aromatic carbocycles. The largest absolute Gasteiger partial charge is 0.494 e. The molecular formula is C25H25N7O. The predicted molar refractivity (Wildman–Crippen MR) is 126 cm³/mol. The van der Waals surface area contributed by atoms with Gasteiger partial charge in [-0.15, -0.1) is 0 Å². The minimum absolute atomic E-state index is 0.148. The van der Waals surface area contributed by atoms with Crippen LogP contribution in [-0.2, 0) is 6.54 Å². The number of rotatable bonds is 6. The lowest BCUT2D eigenvalue weighted by atomic mass is 10.2. The number of fused-ring (bicyclic) bond motifs is 1. The van der Waals surface area contributed by atoms with Crippen LogP contribution in [0, 0.1) is 11.3 Å². The van der Waals surface area contributed by atoms with Gasteiger partial charge in [0.05, 0.1) is 19.3 Å². The summed E-state index contributed by atoms with van der Waals surface area (Å²) in [7, 11) is 0. The van der Waals surface area contributed by atoms with Gasteiger partial charge in [0.25, 0.3) is 0 Å². The second-order valence-corrected chi connectivity index (χ2v) is 7.90. The molecule has 1 aliphatic heterocycles. The summed E-state index contributed by atoms with van der Waals surface area (Å²) < 4.78 is 7.59. The van der Waals surface area contributed by atoms with Crippen molar-refractivity contribution in [3.63, 3.8) is 0 Å². The molecule has 3 heterocycles. The number of imidazole rings is 1. The Morgan fingerprint density at radius 2 is 1.70 bits per heavy atom. The van der Waals surface area contributed by atoms with Gasteiger partial charge in [-0.05, 0) is 43.3 Å². The monoisotopic (exact) mass is 439 g/mol. The molecule has 0 unspecified atom stereocenters.